The molecule has 0 bridgehead atoms. The summed E-state index contributed by atoms with van der Waals surface area (Å²) in [5, 5.41) is 11.3. The summed E-state index contributed by atoms with van der Waals surface area (Å²) in [7, 11) is 0. The van der Waals surface area contributed by atoms with E-state index in [9.17, 15) is 4.79 Å². The number of para-hydroxylation sites is 1. The van der Waals surface area contributed by atoms with Gasteiger partial charge in [0.25, 0.3) is 5.91 Å². The zero-order valence-electron chi connectivity index (χ0n) is 14.2. The van der Waals surface area contributed by atoms with Gasteiger partial charge in [0, 0.05) is 18.8 Å². The Morgan fingerprint density at radius 2 is 1.79 bits per heavy atom. The number of rotatable bonds is 4. The van der Waals surface area contributed by atoms with Crippen LogP contribution in [0.4, 0.5) is 11.5 Å². The lowest BCUT2D eigenvalue weighted by atomic mass is 10.1. The molecule has 0 spiro atoms. The normalized spacial score (nSPS) is 15.0. The molecule has 0 unspecified atom stereocenters. The number of amides is 1. The predicted molar refractivity (Wildman–Crippen MR) is 96.5 cm³/mol. The first kappa shape index (κ1) is 16.4. The summed E-state index contributed by atoms with van der Waals surface area (Å²) in [5.74, 6) is 0.647. The monoisotopic (exact) mass is 324 g/mol. The fourth-order valence-corrected chi connectivity index (χ4v) is 3.05. The topological polar surface area (TPSA) is 58.1 Å². The van der Waals surface area contributed by atoms with Gasteiger partial charge >= 0.3 is 0 Å². The minimum absolute atomic E-state index is 0.217. The summed E-state index contributed by atoms with van der Waals surface area (Å²) in [6, 6.07) is 11.5. The van der Waals surface area contributed by atoms with Gasteiger partial charge in [0.2, 0.25) is 0 Å². The molecule has 1 aromatic carbocycles. The van der Waals surface area contributed by atoms with Gasteiger partial charge in [0.1, 0.15) is 0 Å². The lowest BCUT2D eigenvalue weighted by Gasteiger charge is -2.20. The molecular formula is C19H24N4O. The van der Waals surface area contributed by atoms with Gasteiger partial charge in [-0.2, -0.15) is 0 Å². The summed E-state index contributed by atoms with van der Waals surface area (Å²) in [6.07, 6.45) is 5.81. The minimum Gasteiger partial charge on any atom is -0.355 e. The van der Waals surface area contributed by atoms with Gasteiger partial charge in [-0.15, -0.1) is 10.2 Å². The second-order valence-corrected chi connectivity index (χ2v) is 6.14. The molecule has 126 valence electrons. The van der Waals surface area contributed by atoms with Gasteiger partial charge < -0.3 is 10.2 Å². The van der Waals surface area contributed by atoms with Crippen LogP contribution < -0.4 is 10.2 Å². The average molecular weight is 324 g/mol. The van der Waals surface area contributed by atoms with Crippen LogP contribution in [0.3, 0.4) is 0 Å². The molecular weight excluding hydrogens is 300 g/mol. The van der Waals surface area contributed by atoms with Crippen LogP contribution >= 0.6 is 0 Å². The van der Waals surface area contributed by atoms with Crippen LogP contribution in [0, 0.1) is 0 Å². The van der Waals surface area contributed by atoms with Crippen molar-refractivity contribution >= 4 is 17.4 Å². The zero-order chi connectivity index (χ0) is 16.8. The Hall–Kier alpha value is -2.43. The smallest absolute Gasteiger partial charge is 0.276 e. The van der Waals surface area contributed by atoms with E-state index in [0.29, 0.717) is 5.69 Å². The molecule has 3 rings (SSSR count). The van der Waals surface area contributed by atoms with Gasteiger partial charge in [-0.1, -0.05) is 38.0 Å². The van der Waals surface area contributed by atoms with Gasteiger partial charge in [-0.05, 0) is 43.0 Å². The Bertz CT molecular complexity index is 676. The highest BCUT2D eigenvalue weighted by atomic mass is 16.1. The van der Waals surface area contributed by atoms with Crippen molar-refractivity contribution in [2.75, 3.05) is 23.3 Å². The molecule has 0 radical (unpaired) electrons. The molecule has 2 aromatic rings. The van der Waals surface area contributed by atoms with Gasteiger partial charge in [-0.3, -0.25) is 4.79 Å². The number of nitrogens with zero attached hydrogens (tertiary/aromatic N) is 3. The molecule has 0 atom stereocenters. The lowest BCUT2D eigenvalue weighted by molar-refractivity contribution is 0.102. The molecule has 1 amide bonds. The lowest BCUT2D eigenvalue weighted by Crippen LogP contribution is -2.25. The van der Waals surface area contributed by atoms with Crippen LogP contribution in [0.5, 0.6) is 0 Å². The molecule has 0 saturated carbocycles. The van der Waals surface area contributed by atoms with Crippen LogP contribution in [0.15, 0.2) is 36.4 Å². The average Bonchev–Trinajstić information content (AvgIpc) is 2.92. The standard InChI is InChI=1S/C19H24N4O/c1-2-15-9-5-6-10-16(15)20-19(24)17-11-12-18(22-21-17)23-13-7-3-4-8-14-23/h5-6,9-12H,2-4,7-8,13-14H2,1H3,(H,20,24). The molecule has 1 aromatic heterocycles. The predicted octanol–water partition coefficient (Wildman–Crippen LogP) is 3.67. The highest BCUT2D eigenvalue weighted by molar-refractivity contribution is 6.03. The first-order valence-electron chi connectivity index (χ1n) is 8.76. The quantitative estimate of drug-likeness (QED) is 0.932. The number of aryl methyl sites for hydroxylation is 1. The summed E-state index contributed by atoms with van der Waals surface area (Å²) in [6.45, 7) is 4.11. The Labute approximate surface area is 143 Å². The zero-order valence-corrected chi connectivity index (χ0v) is 14.2. The van der Waals surface area contributed by atoms with E-state index >= 15 is 0 Å². The first-order chi connectivity index (χ1) is 11.8. The minimum atomic E-state index is -0.217. The molecule has 5 heteroatoms. The summed E-state index contributed by atoms with van der Waals surface area (Å²) < 4.78 is 0. The van der Waals surface area contributed by atoms with Gasteiger partial charge in [0.05, 0.1) is 0 Å². The highest BCUT2D eigenvalue weighted by Gasteiger charge is 2.14. The van der Waals surface area contributed by atoms with E-state index in [4.69, 9.17) is 0 Å². The maximum atomic E-state index is 12.4. The van der Waals surface area contributed by atoms with E-state index in [2.05, 4.69) is 27.3 Å². The number of benzene rings is 1. The van der Waals surface area contributed by atoms with Crippen molar-refractivity contribution in [3.63, 3.8) is 0 Å². The third-order valence-corrected chi connectivity index (χ3v) is 4.46. The van der Waals surface area contributed by atoms with E-state index in [1.807, 2.05) is 30.3 Å². The molecule has 1 aliphatic heterocycles. The van der Waals surface area contributed by atoms with Crippen LogP contribution in [-0.2, 0) is 6.42 Å². The van der Waals surface area contributed by atoms with Crippen LogP contribution in [0.25, 0.3) is 0 Å². The molecule has 1 fully saturated rings. The molecule has 1 N–H and O–H groups in total. The third kappa shape index (κ3) is 3.91. The molecule has 24 heavy (non-hydrogen) atoms. The largest absolute Gasteiger partial charge is 0.355 e. The Morgan fingerprint density at radius 3 is 2.46 bits per heavy atom. The van der Waals surface area contributed by atoms with E-state index < -0.39 is 0 Å². The number of hydrogen-bond donors (Lipinski definition) is 1. The number of carbonyl (C=O) groups is 1. The van der Waals surface area contributed by atoms with E-state index in [-0.39, 0.29) is 5.91 Å². The first-order valence-corrected chi connectivity index (χ1v) is 8.76. The highest BCUT2D eigenvalue weighted by Crippen LogP contribution is 2.18. The summed E-state index contributed by atoms with van der Waals surface area (Å²) >= 11 is 0. The number of nitrogens with one attached hydrogen (secondary N) is 1. The van der Waals surface area contributed by atoms with Crippen molar-refractivity contribution in [1.29, 1.82) is 0 Å². The molecule has 5 nitrogen and oxygen atoms in total. The second kappa shape index (κ2) is 7.90. The van der Waals surface area contributed by atoms with Crippen LogP contribution in [-0.4, -0.2) is 29.2 Å². The van der Waals surface area contributed by atoms with Crippen molar-refractivity contribution < 1.29 is 4.79 Å². The molecule has 1 saturated heterocycles. The number of anilines is 2. The maximum absolute atomic E-state index is 12.4. The van der Waals surface area contributed by atoms with Crippen molar-refractivity contribution in [3.8, 4) is 0 Å². The van der Waals surface area contributed by atoms with E-state index in [1.165, 1.54) is 25.7 Å². The fourth-order valence-electron chi connectivity index (χ4n) is 3.05. The number of aromatic nitrogens is 2. The molecule has 2 heterocycles. The Kier molecular flexibility index (Phi) is 5.41. The third-order valence-electron chi connectivity index (χ3n) is 4.46. The molecule has 0 aliphatic carbocycles. The second-order valence-electron chi connectivity index (χ2n) is 6.14. The number of hydrogen-bond acceptors (Lipinski definition) is 4. The van der Waals surface area contributed by atoms with Gasteiger partial charge in [0.15, 0.2) is 11.5 Å². The Morgan fingerprint density at radius 1 is 1.04 bits per heavy atom. The van der Waals surface area contributed by atoms with Gasteiger partial charge in [-0.25, -0.2) is 0 Å². The van der Waals surface area contributed by atoms with E-state index in [0.717, 1.165) is 36.6 Å². The van der Waals surface area contributed by atoms with Crippen molar-refractivity contribution in [3.05, 3.63) is 47.7 Å². The van der Waals surface area contributed by atoms with E-state index in [1.54, 1.807) is 6.07 Å². The van der Waals surface area contributed by atoms with Crippen molar-refractivity contribution in [2.45, 2.75) is 39.0 Å². The molecule has 1 aliphatic rings. The summed E-state index contributed by atoms with van der Waals surface area (Å²) in [4.78, 5) is 14.7. The van der Waals surface area contributed by atoms with Crippen LogP contribution in [0.2, 0.25) is 0 Å². The van der Waals surface area contributed by atoms with Crippen molar-refractivity contribution in [2.24, 2.45) is 0 Å². The maximum Gasteiger partial charge on any atom is 0.276 e. The number of carbonyl (C=O) groups excluding carboxylic acids is 1. The fraction of sp³-hybridized carbons (Fsp3) is 0.421. The SMILES string of the molecule is CCc1ccccc1NC(=O)c1ccc(N2CCCCCC2)nn1. The van der Waals surface area contributed by atoms with Crippen molar-refractivity contribution in [1.82, 2.24) is 10.2 Å². The van der Waals surface area contributed by atoms with Crippen LogP contribution in [0.1, 0.15) is 48.7 Å². The summed E-state index contributed by atoms with van der Waals surface area (Å²) in [5.41, 5.74) is 2.29. The Balaban J connectivity index is 1.69.